The standard InChI is InChI=1S/C31H46O6S/c1-26(2)13-15-31(25(33)34)16-14-30(7)24(19(31)18-26)20(32)17-22-28(5)11-10-23(37-38(8,35)36)27(3,4)21(28)9-12-29(22,30)6/h10-11,17,19,21,23-24H,9,12-16,18H2,1-8H3,(H,33,34)/t19-,21-,23-,24-,28-,29+,30+,31-/m0/s1. The number of hydrogen-bond acceptors (Lipinski definition) is 5. The summed E-state index contributed by atoms with van der Waals surface area (Å²) in [4.78, 5) is 27.1. The fourth-order valence-corrected chi connectivity index (χ4v) is 10.9. The molecule has 212 valence electrons. The van der Waals surface area contributed by atoms with Crippen molar-refractivity contribution in [2.45, 2.75) is 99.5 Å². The van der Waals surface area contributed by atoms with Crippen LogP contribution in [0.1, 0.15) is 93.4 Å². The van der Waals surface area contributed by atoms with Gasteiger partial charge < -0.3 is 5.11 Å². The second-order valence-corrected chi connectivity index (χ2v) is 17.0. The molecule has 5 aliphatic rings. The van der Waals surface area contributed by atoms with Crippen molar-refractivity contribution in [3.8, 4) is 0 Å². The van der Waals surface area contributed by atoms with Crippen LogP contribution in [0, 0.1) is 50.2 Å². The predicted molar refractivity (Wildman–Crippen MR) is 147 cm³/mol. The van der Waals surface area contributed by atoms with E-state index in [9.17, 15) is 23.1 Å². The minimum Gasteiger partial charge on any atom is -0.481 e. The molecule has 3 saturated carbocycles. The molecule has 0 aromatic heterocycles. The van der Waals surface area contributed by atoms with E-state index in [1.165, 1.54) is 0 Å². The third-order valence-electron chi connectivity index (χ3n) is 12.5. The zero-order valence-electron chi connectivity index (χ0n) is 24.4. The molecular formula is C31H46O6S. The highest BCUT2D eigenvalue weighted by Gasteiger charge is 2.70. The van der Waals surface area contributed by atoms with Gasteiger partial charge in [0.2, 0.25) is 0 Å². The van der Waals surface area contributed by atoms with E-state index in [2.05, 4.69) is 54.5 Å². The van der Waals surface area contributed by atoms with Crippen LogP contribution >= 0.6 is 0 Å². The van der Waals surface area contributed by atoms with Crippen LogP contribution < -0.4 is 0 Å². The first-order chi connectivity index (χ1) is 17.2. The second-order valence-electron chi connectivity index (χ2n) is 15.4. The normalized spacial score (nSPS) is 47.2. The van der Waals surface area contributed by atoms with E-state index in [1.54, 1.807) is 0 Å². The largest absolute Gasteiger partial charge is 0.481 e. The zero-order valence-corrected chi connectivity index (χ0v) is 25.2. The molecule has 0 amide bonds. The van der Waals surface area contributed by atoms with Crippen molar-refractivity contribution in [1.82, 2.24) is 0 Å². The molecule has 8 atom stereocenters. The molecule has 38 heavy (non-hydrogen) atoms. The minimum absolute atomic E-state index is 0.0153. The molecule has 0 unspecified atom stereocenters. The van der Waals surface area contributed by atoms with Gasteiger partial charge in [0.25, 0.3) is 10.1 Å². The summed E-state index contributed by atoms with van der Waals surface area (Å²) in [5.41, 5.74) is -1.11. The maximum absolute atomic E-state index is 14.3. The molecule has 5 rings (SSSR count). The fraction of sp³-hybridized carbons (Fsp3) is 0.806. The average Bonchev–Trinajstić information content (AvgIpc) is 2.76. The van der Waals surface area contributed by atoms with Crippen molar-refractivity contribution in [3.63, 3.8) is 0 Å². The summed E-state index contributed by atoms with van der Waals surface area (Å²) in [6.07, 6.45) is 11.9. The Labute approximate surface area is 228 Å². The maximum Gasteiger partial charge on any atom is 0.309 e. The van der Waals surface area contributed by atoms with Crippen LogP contribution in [0.2, 0.25) is 0 Å². The van der Waals surface area contributed by atoms with Gasteiger partial charge in [0.15, 0.2) is 5.78 Å². The molecule has 5 aliphatic carbocycles. The third-order valence-corrected chi connectivity index (χ3v) is 13.1. The van der Waals surface area contributed by atoms with Crippen LogP contribution in [0.4, 0.5) is 0 Å². The molecule has 0 saturated heterocycles. The van der Waals surface area contributed by atoms with Crippen molar-refractivity contribution in [1.29, 1.82) is 0 Å². The number of allylic oxidation sites excluding steroid dienone is 3. The van der Waals surface area contributed by atoms with Gasteiger partial charge in [0.05, 0.1) is 11.7 Å². The highest BCUT2D eigenvalue weighted by molar-refractivity contribution is 7.86. The van der Waals surface area contributed by atoms with E-state index in [4.69, 9.17) is 4.18 Å². The summed E-state index contributed by atoms with van der Waals surface area (Å²) in [6, 6.07) is 0. The molecular weight excluding hydrogens is 500 g/mol. The Morgan fingerprint density at radius 1 is 1.00 bits per heavy atom. The van der Waals surface area contributed by atoms with Crippen molar-refractivity contribution >= 4 is 21.9 Å². The molecule has 1 N–H and O–H groups in total. The summed E-state index contributed by atoms with van der Waals surface area (Å²) in [6.45, 7) is 15.4. The number of fused-ring (bicyclic) bond motifs is 7. The highest BCUT2D eigenvalue weighted by Crippen LogP contribution is 2.74. The van der Waals surface area contributed by atoms with Gasteiger partial charge in [-0.05, 0) is 84.5 Å². The van der Waals surface area contributed by atoms with E-state index in [-0.39, 0.29) is 39.8 Å². The summed E-state index contributed by atoms with van der Waals surface area (Å²) < 4.78 is 29.6. The van der Waals surface area contributed by atoms with Crippen LogP contribution in [-0.2, 0) is 23.9 Å². The van der Waals surface area contributed by atoms with Gasteiger partial charge in [0, 0.05) is 11.3 Å². The van der Waals surface area contributed by atoms with E-state index in [0.717, 1.165) is 43.9 Å². The molecule has 0 radical (unpaired) electrons. The van der Waals surface area contributed by atoms with Crippen molar-refractivity contribution < 1.29 is 27.3 Å². The topological polar surface area (TPSA) is 97.7 Å². The number of aliphatic carboxylic acids is 1. The average molecular weight is 547 g/mol. The lowest BCUT2D eigenvalue weighted by molar-refractivity contribution is -0.189. The Balaban J connectivity index is 1.64. The Morgan fingerprint density at radius 2 is 1.63 bits per heavy atom. The SMILES string of the molecule is CC1(C)CC[C@]2(C(=O)O)CC[C@]3(C)[C@H](C(=O)C=C4[C@@]5(C)C=C[C@H](OS(C)(=O)=O)C(C)(C)[C@@H]5CC[C@]43C)[C@@H]2C1. The molecule has 6 nitrogen and oxygen atoms in total. The highest BCUT2D eigenvalue weighted by atomic mass is 32.2. The molecule has 0 aromatic carbocycles. The van der Waals surface area contributed by atoms with Crippen LogP contribution in [-0.4, -0.2) is 37.6 Å². The first-order valence-electron chi connectivity index (χ1n) is 14.3. The number of hydrogen-bond donors (Lipinski definition) is 1. The predicted octanol–water partition coefficient (Wildman–Crippen LogP) is 6.17. The third kappa shape index (κ3) is 3.62. The van der Waals surface area contributed by atoms with Gasteiger partial charge in [-0.15, -0.1) is 0 Å². The lowest BCUT2D eigenvalue weighted by atomic mass is 9.34. The van der Waals surface area contributed by atoms with Crippen LogP contribution in [0.5, 0.6) is 0 Å². The van der Waals surface area contributed by atoms with Crippen molar-refractivity contribution in [2.24, 2.45) is 50.2 Å². The van der Waals surface area contributed by atoms with E-state index < -0.39 is 38.4 Å². The van der Waals surface area contributed by atoms with Gasteiger partial charge in [-0.25, -0.2) is 0 Å². The summed E-state index contributed by atoms with van der Waals surface area (Å²) in [5, 5.41) is 10.5. The Kier molecular flexibility index (Phi) is 5.95. The summed E-state index contributed by atoms with van der Waals surface area (Å²) in [5.74, 6) is -0.994. The number of carbonyl (C=O) groups excluding carboxylic acids is 1. The van der Waals surface area contributed by atoms with E-state index >= 15 is 0 Å². The monoisotopic (exact) mass is 546 g/mol. The van der Waals surface area contributed by atoms with Gasteiger partial charge in [0.1, 0.15) is 6.10 Å². The van der Waals surface area contributed by atoms with Crippen LogP contribution in [0.15, 0.2) is 23.8 Å². The van der Waals surface area contributed by atoms with E-state index in [0.29, 0.717) is 12.8 Å². The first-order valence-corrected chi connectivity index (χ1v) is 16.1. The number of carboxylic acids is 1. The Morgan fingerprint density at radius 3 is 2.24 bits per heavy atom. The Bertz CT molecular complexity index is 1240. The molecule has 0 aromatic rings. The van der Waals surface area contributed by atoms with Crippen LogP contribution in [0.3, 0.4) is 0 Å². The number of ketones is 1. The van der Waals surface area contributed by atoms with Gasteiger partial charge in [-0.2, -0.15) is 8.42 Å². The minimum atomic E-state index is -3.62. The molecule has 3 fully saturated rings. The Hall–Kier alpha value is -1.47. The van der Waals surface area contributed by atoms with Gasteiger partial charge in [-0.3, -0.25) is 13.8 Å². The van der Waals surface area contributed by atoms with Gasteiger partial charge in [-0.1, -0.05) is 66.2 Å². The fourth-order valence-electron chi connectivity index (χ4n) is 10.2. The van der Waals surface area contributed by atoms with Crippen LogP contribution in [0.25, 0.3) is 0 Å². The molecule has 0 aliphatic heterocycles. The number of rotatable bonds is 3. The quantitative estimate of drug-likeness (QED) is 0.336. The second kappa shape index (κ2) is 8.05. The molecule has 0 bridgehead atoms. The number of carboxylic acid groups (broad SMARTS) is 1. The van der Waals surface area contributed by atoms with E-state index in [1.807, 2.05) is 12.2 Å². The smallest absolute Gasteiger partial charge is 0.309 e. The lowest BCUT2D eigenvalue weighted by Gasteiger charge is -2.69. The first kappa shape index (κ1) is 28.1. The van der Waals surface area contributed by atoms with Crippen molar-refractivity contribution in [2.75, 3.05) is 6.26 Å². The van der Waals surface area contributed by atoms with Crippen molar-refractivity contribution in [3.05, 3.63) is 23.8 Å². The maximum atomic E-state index is 14.3. The summed E-state index contributed by atoms with van der Waals surface area (Å²) >= 11 is 0. The molecule has 7 heteroatoms. The molecule has 0 heterocycles. The lowest BCUT2D eigenvalue weighted by Crippen LogP contribution is -2.65. The van der Waals surface area contributed by atoms with Gasteiger partial charge >= 0.3 is 5.97 Å². The summed E-state index contributed by atoms with van der Waals surface area (Å²) in [7, 11) is -3.62. The number of carbonyl (C=O) groups is 2. The molecule has 0 spiro atoms. The zero-order chi connectivity index (χ0) is 28.3.